The Hall–Kier alpha value is -1.92. The summed E-state index contributed by atoms with van der Waals surface area (Å²) >= 11 is 1.52. The highest BCUT2D eigenvalue weighted by Gasteiger charge is 2.34. The van der Waals surface area contributed by atoms with Gasteiger partial charge < -0.3 is 9.47 Å². The van der Waals surface area contributed by atoms with Crippen molar-refractivity contribution in [1.29, 1.82) is 0 Å². The highest BCUT2D eigenvalue weighted by Crippen LogP contribution is 2.35. The number of nitrogens with zero attached hydrogens (tertiary/aromatic N) is 2. The zero-order valence-electron chi connectivity index (χ0n) is 14.0. The molecule has 3 rings (SSSR count). The fourth-order valence-corrected chi connectivity index (χ4v) is 3.37. The predicted octanol–water partition coefficient (Wildman–Crippen LogP) is 3.60. The van der Waals surface area contributed by atoms with Crippen LogP contribution in [0.1, 0.15) is 19.3 Å². The van der Waals surface area contributed by atoms with Crippen LogP contribution in [-0.2, 0) is 9.53 Å². The van der Waals surface area contributed by atoms with Crippen LogP contribution >= 0.6 is 11.3 Å². The minimum Gasteiger partial charge on any atom is -0.497 e. The van der Waals surface area contributed by atoms with Crippen LogP contribution in [-0.4, -0.2) is 38.3 Å². The molecule has 0 bridgehead atoms. The van der Waals surface area contributed by atoms with Gasteiger partial charge in [-0.25, -0.2) is 4.98 Å². The molecule has 0 spiro atoms. The fraction of sp³-hybridized carbons (Fsp3) is 0.444. The van der Waals surface area contributed by atoms with E-state index in [0.29, 0.717) is 13.2 Å². The van der Waals surface area contributed by atoms with Crippen molar-refractivity contribution >= 4 is 22.4 Å². The molecule has 1 fully saturated rings. The molecule has 0 saturated heterocycles. The van der Waals surface area contributed by atoms with Gasteiger partial charge in [0, 0.05) is 37.1 Å². The highest BCUT2D eigenvalue weighted by atomic mass is 32.1. The Bertz CT molecular complexity index is 680. The Morgan fingerprint density at radius 2 is 2.04 bits per heavy atom. The monoisotopic (exact) mass is 346 g/mol. The summed E-state index contributed by atoms with van der Waals surface area (Å²) in [4.78, 5) is 19.1. The van der Waals surface area contributed by atoms with Gasteiger partial charge in [-0.1, -0.05) is 0 Å². The van der Waals surface area contributed by atoms with E-state index >= 15 is 0 Å². The summed E-state index contributed by atoms with van der Waals surface area (Å²) in [5.41, 5.74) is 1.91. The van der Waals surface area contributed by atoms with Crippen molar-refractivity contribution in [2.24, 2.45) is 5.92 Å². The molecule has 1 heterocycles. The number of ether oxygens (including phenoxy) is 2. The van der Waals surface area contributed by atoms with Crippen molar-refractivity contribution in [1.82, 2.24) is 4.98 Å². The standard InChI is InChI=1S/C18H22N2O3S/c1-22-11-3-10-20(17(21)14-4-5-14)18-19-16(12-24-18)13-6-8-15(23-2)9-7-13/h6-9,12,14H,3-5,10-11H2,1-2H3. The Morgan fingerprint density at radius 3 is 2.67 bits per heavy atom. The van der Waals surface area contributed by atoms with Gasteiger partial charge >= 0.3 is 0 Å². The molecule has 1 aliphatic carbocycles. The van der Waals surface area contributed by atoms with E-state index in [1.165, 1.54) is 11.3 Å². The van der Waals surface area contributed by atoms with E-state index < -0.39 is 0 Å². The lowest BCUT2D eigenvalue weighted by Crippen LogP contribution is -2.33. The molecule has 1 saturated carbocycles. The van der Waals surface area contributed by atoms with E-state index in [1.807, 2.05) is 34.5 Å². The first-order valence-corrected chi connectivity index (χ1v) is 9.01. The SMILES string of the molecule is COCCCN(C(=O)C1CC1)c1nc(-c2ccc(OC)cc2)cs1. The van der Waals surface area contributed by atoms with Crippen molar-refractivity contribution in [2.45, 2.75) is 19.3 Å². The molecule has 6 heteroatoms. The summed E-state index contributed by atoms with van der Waals surface area (Å²) in [6.07, 6.45) is 2.80. The van der Waals surface area contributed by atoms with Gasteiger partial charge in [0.05, 0.1) is 12.8 Å². The minimum atomic E-state index is 0.181. The summed E-state index contributed by atoms with van der Waals surface area (Å²) in [5.74, 6) is 1.20. The molecule has 1 amide bonds. The molecule has 1 aromatic carbocycles. The molecule has 2 aromatic rings. The van der Waals surface area contributed by atoms with Crippen molar-refractivity contribution in [3.05, 3.63) is 29.6 Å². The Balaban J connectivity index is 1.77. The maximum Gasteiger partial charge on any atom is 0.231 e. The third-order valence-electron chi connectivity index (χ3n) is 4.03. The quantitative estimate of drug-likeness (QED) is 0.685. The first-order valence-electron chi connectivity index (χ1n) is 8.13. The average Bonchev–Trinajstić information content (AvgIpc) is 3.36. The van der Waals surface area contributed by atoms with Gasteiger partial charge in [0.25, 0.3) is 0 Å². The van der Waals surface area contributed by atoms with Gasteiger partial charge in [-0.2, -0.15) is 0 Å². The molecule has 5 nitrogen and oxygen atoms in total. The molecule has 0 aliphatic heterocycles. The highest BCUT2D eigenvalue weighted by molar-refractivity contribution is 7.14. The lowest BCUT2D eigenvalue weighted by molar-refractivity contribution is -0.119. The van der Waals surface area contributed by atoms with E-state index in [0.717, 1.165) is 41.4 Å². The first kappa shape index (κ1) is 16.9. The van der Waals surface area contributed by atoms with Gasteiger partial charge in [-0.15, -0.1) is 11.3 Å². The molecular formula is C18H22N2O3S. The molecular weight excluding hydrogens is 324 g/mol. The van der Waals surface area contributed by atoms with Crippen LogP contribution in [0.3, 0.4) is 0 Å². The van der Waals surface area contributed by atoms with Gasteiger partial charge in [-0.3, -0.25) is 9.69 Å². The van der Waals surface area contributed by atoms with E-state index in [1.54, 1.807) is 14.2 Å². The fourth-order valence-electron chi connectivity index (χ4n) is 2.50. The second-order valence-electron chi connectivity index (χ2n) is 5.85. The van der Waals surface area contributed by atoms with Crippen molar-refractivity contribution < 1.29 is 14.3 Å². The number of anilines is 1. The second kappa shape index (κ2) is 7.77. The first-order chi connectivity index (χ1) is 11.7. The summed E-state index contributed by atoms with van der Waals surface area (Å²) < 4.78 is 10.3. The number of hydrogen-bond acceptors (Lipinski definition) is 5. The van der Waals surface area contributed by atoms with Crippen LogP contribution < -0.4 is 9.64 Å². The number of rotatable bonds is 8. The molecule has 0 N–H and O–H groups in total. The van der Waals surface area contributed by atoms with E-state index in [4.69, 9.17) is 9.47 Å². The average molecular weight is 346 g/mol. The van der Waals surface area contributed by atoms with Crippen LogP contribution in [0.15, 0.2) is 29.6 Å². The number of benzene rings is 1. The maximum atomic E-state index is 12.6. The number of thiazole rings is 1. The molecule has 1 aliphatic rings. The number of carbonyl (C=O) groups excluding carboxylic acids is 1. The third-order valence-corrected chi connectivity index (χ3v) is 4.90. The Kier molecular flexibility index (Phi) is 5.48. The third kappa shape index (κ3) is 3.94. The maximum absolute atomic E-state index is 12.6. The van der Waals surface area contributed by atoms with Crippen LogP contribution in [0.5, 0.6) is 5.75 Å². The predicted molar refractivity (Wildman–Crippen MR) is 95.7 cm³/mol. The lowest BCUT2D eigenvalue weighted by Gasteiger charge is -2.19. The largest absolute Gasteiger partial charge is 0.497 e. The van der Waals surface area contributed by atoms with E-state index in [-0.39, 0.29) is 11.8 Å². The zero-order chi connectivity index (χ0) is 16.9. The molecule has 0 unspecified atom stereocenters. The van der Waals surface area contributed by atoms with Gasteiger partial charge in [0.1, 0.15) is 5.75 Å². The molecule has 0 atom stereocenters. The minimum absolute atomic E-state index is 0.181. The summed E-state index contributed by atoms with van der Waals surface area (Å²) in [6.45, 7) is 1.30. The molecule has 24 heavy (non-hydrogen) atoms. The Morgan fingerprint density at radius 1 is 1.29 bits per heavy atom. The van der Waals surface area contributed by atoms with Crippen LogP contribution in [0.2, 0.25) is 0 Å². The van der Waals surface area contributed by atoms with Crippen molar-refractivity contribution in [3.63, 3.8) is 0 Å². The van der Waals surface area contributed by atoms with Gasteiger partial charge in [0.2, 0.25) is 5.91 Å². The van der Waals surface area contributed by atoms with E-state index in [2.05, 4.69) is 4.98 Å². The zero-order valence-corrected chi connectivity index (χ0v) is 14.8. The molecule has 1 aromatic heterocycles. The van der Waals surface area contributed by atoms with E-state index in [9.17, 15) is 4.79 Å². The molecule has 0 radical (unpaired) electrons. The van der Waals surface area contributed by atoms with Gasteiger partial charge in [-0.05, 0) is 43.5 Å². The normalized spacial score (nSPS) is 13.8. The Labute approximate surface area is 146 Å². The van der Waals surface area contributed by atoms with Crippen molar-refractivity contribution in [3.8, 4) is 17.0 Å². The van der Waals surface area contributed by atoms with Crippen LogP contribution in [0.25, 0.3) is 11.3 Å². The van der Waals surface area contributed by atoms with Crippen molar-refractivity contribution in [2.75, 3.05) is 32.3 Å². The number of amides is 1. The second-order valence-corrected chi connectivity index (χ2v) is 6.69. The summed E-state index contributed by atoms with van der Waals surface area (Å²) in [7, 11) is 3.33. The summed E-state index contributed by atoms with van der Waals surface area (Å²) in [5, 5.41) is 2.77. The lowest BCUT2D eigenvalue weighted by atomic mass is 10.2. The number of hydrogen-bond donors (Lipinski definition) is 0. The number of methoxy groups -OCH3 is 2. The number of carbonyl (C=O) groups is 1. The molecule has 128 valence electrons. The number of aromatic nitrogens is 1. The van der Waals surface area contributed by atoms with Crippen LogP contribution in [0.4, 0.5) is 5.13 Å². The van der Waals surface area contributed by atoms with Gasteiger partial charge in [0.15, 0.2) is 5.13 Å². The van der Waals surface area contributed by atoms with Crippen LogP contribution in [0, 0.1) is 5.92 Å². The summed E-state index contributed by atoms with van der Waals surface area (Å²) in [6, 6.07) is 7.80. The topological polar surface area (TPSA) is 51.7 Å². The smallest absolute Gasteiger partial charge is 0.231 e.